The van der Waals surface area contributed by atoms with Crippen LogP contribution in [0.25, 0.3) is 0 Å². The minimum atomic E-state index is -1.19. The Hall–Kier alpha value is 0.960. The van der Waals surface area contributed by atoms with Crippen molar-refractivity contribution in [3.63, 3.8) is 0 Å². The summed E-state index contributed by atoms with van der Waals surface area (Å²) < 4.78 is -2.37. The third-order valence-electron chi connectivity index (χ3n) is 2.86. The first-order valence-electron chi connectivity index (χ1n) is 6.29. The molecule has 1 aromatic rings. The molecule has 0 fully saturated rings. The average Bonchev–Trinajstić information content (AvgIpc) is 2.28. The maximum atomic E-state index is 5.75. The summed E-state index contributed by atoms with van der Waals surface area (Å²) in [6.45, 7) is 0. The maximum Gasteiger partial charge on any atom is 0.190 e. The Morgan fingerprint density at radius 2 is 1.30 bits per heavy atom. The predicted octanol–water partition coefficient (Wildman–Crippen LogP) is 6.87. The summed E-state index contributed by atoms with van der Waals surface area (Å²) >= 11 is 34.5. The van der Waals surface area contributed by atoms with Gasteiger partial charge in [-0.1, -0.05) is 87.8 Å². The van der Waals surface area contributed by atoms with Gasteiger partial charge in [-0.15, -0.1) is 0 Å². The van der Waals surface area contributed by atoms with E-state index in [0.717, 1.165) is 25.7 Å². The largest absolute Gasteiger partial charge is 0.190 e. The Balaban J connectivity index is 2.51. The van der Waals surface area contributed by atoms with Crippen LogP contribution in [0.4, 0.5) is 0 Å². The van der Waals surface area contributed by atoms with Gasteiger partial charge in [0.1, 0.15) is 0 Å². The molecule has 0 saturated heterocycles. The second-order valence-electron chi connectivity index (χ2n) is 4.63. The van der Waals surface area contributed by atoms with Gasteiger partial charge in [0.25, 0.3) is 0 Å². The standard InChI is InChI=1S/C14H15Cl6/c15-13(16,17)9-3-7-11-5-1-2-6-12(11)8-4-10-14(18,19)20/h1,5-6H,3-4,7-10H2. The van der Waals surface area contributed by atoms with Crippen LogP contribution in [0.3, 0.4) is 0 Å². The van der Waals surface area contributed by atoms with E-state index in [1.807, 2.05) is 18.2 Å². The molecule has 0 unspecified atom stereocenters. The highest BCUT2D eigenvalue weighted by atomic mass is 35.6. The van der Waals surface area contributed by atoms with Crippen LogP contribution in [0.2, 0.25) is 0 Å². The molecule has 0 aliphatic rings. The zero-order chi connectivity index (χ0) is 15.2. The van der Waals surface area contributed by atoms with Crippen molar-refractivity contribution in [1.29, 1.82) is 0 Å². The van der Waals surface area contributed by atoms with Gasteiger partial charge in [-0.2, -0.15) is 0 Å². The third-order valence-corrected chi connectivity index (χ3v) is 4.00. The molecule has 0 atom stereocenters. The van der Waals surface area contributed by atoms with Gasteiger partial charge in [-0.3, -0.25) is 0 Å². The quantitative estimate of drug-likeness (QED) is 0.461. The molecule has 0 aromatic heterocycles. The van der Waals surface area contributed by atoms with Gasteiger partial charge < -0.3 is 0 Å². The van der Waals surface area contributed by atoms with Crippen LogP contribution in [-0.4, -0.2) is 7.59 Å². The van der Waals surface area contributed by atoms with Crippen LogP contribution in [-0.2, 0) is 12.8 Å². The molecule has 0 N–H and O–H groups in total. The van der Waals surface area contributed by atoms with E-state index in [1.165, 1.54) is 11.1 Å². The van der Waals surface area contributed by atoms with Crippen molar-refractivity contribution < 1.29 is 0 Å². The van der Waals surface area contributed by atoms with Crippen LogP contribution < -0.4 is 0 Å². The molecule has 6 heteroatoms. The minimum Gasteiger partial charge on any atom is -0.0837 e. The van der Waals surface area contributed by atoms with Crippen LogP contribution >= 0.6 is 69.6 Å². The molecule has 113 valence electrons. The Morgan fingerprint density at radius 3 is 1.80 bits per heavy atom. The normalized spacial score (nSPS) is 12.7. The van der Waals surface area contributed by atoms with Gasteiger partial charge in [0, 0.05) is 0 Å². The molecule has 0 heterocycles. The summed E-state index contributed by atoms with van der Waals surface area (Å²) in [5.41, 5.74) is 2.45. The fraction of sp³-hybridized carbons (Fsp3) is 0.571. The van der Waals surface area contributed by atoms with E-state index >= 15 is 0 Å². The van der Waals surface area contributed by atoms with E-state index in [1.54, 1.807) is 0 Å². The van der Waals surface area contributed by atoms with Crippen molar-refractivity contribution in [3.05, 3.63) is 35.4 Å². The molecule has 0 amide bonds. The average molecular weight is 396 g/mol. The summed E-state index contributed by atoms with van der Waals surface area (Å²) in [5.74, 6) is 0. The molecular formula is C14H15Cl6. The molecule has 0 spiro atoms. The lowest BCUT2D eigenvalue weighted by molar-refractivity contribution is 0.723. The van der Waals surface area contributed by atoms with E-state index in [9.17, 15) is 0 Å². The third kappa shape index (κ3) is 9.07. The number of hydrogen-bond acceptors (Lipinski definition) is 0. The zero-order valence-electron chi connectivity index (χ0n) is 10.7. The first-order chi connectivity index (χ1) is 9.17. The molecular weight excluding hydrogens is 381 g/mol. The Bertz CT molecular complexity index is 366. The molecule has 0 aliphatic carbocycles. The lowest BCUT2D eigenvalue weighted by Gasteiger charge is -2.14. The van der Waals surface area contributed by atoms with Crippen molar-refractivity contribution in [3.8, 4) is 0 Å². The number of hydrogen-bond donors (Lipinski definition) is 0. The lowest BCUT2D eigenvalue weighted by Crippen LogP contribution is -2.05. The molecule has 0 aliphatic heterocycles. The zero-order valence-corrected chi connectivity index (χ0v) is 15.3. The second kappa shape index (κ2) is 8.56. The van der Waals surface area contributed by atoms with E-state index in [0.29, 0.717) is 12.8 Å². The van der Waals surface area contributed by atoms with Gasteiger partial charge >= 0.3 is 0 Å². The summed E-state index contributed by atoms with van der Waals surface area (Å²) in [4.78, 5) is 0. The number of benzene rings is 1. The van der Waals surface area contributed by atoms with E-state index < -0.39 is 7.59 Å². The van der Waals surface area contributed by atoms with Crippen LogP contribution in [0.5, 0.6) is 0 Å². The summed E-state index contributed by atoms with van der Waals surface area (Å²) in [7, 11) is 0. The van der Waals surface area contributed by atoms with Crippen LogP contribution in [0.15, 0.2) is 18.2 Å². The maximum absolute atomic E-state index is 5.75. The Kier molecular flexibility index (Phi) is 8.13. The predicted molar refractivity (Wildman–Crippen MR) is 91.7 cm³/mol. The van der Waals surface area contributed by atoms with Gasteiger partial charge in [0.15, 0.2) is 7.59 Å². The number of alkyl halides is 6. The minimum absolute atomic E-state index is 0.528. The number of halogens is 6. The van der Waals surface area contributed by atoms with Crippen molar-refractivity contribution in [1.82, 2.24) is 0 Å². The first kappa shape index (κ1) is 19.0. The molecule has 1 radical (unpaired) electrons. The van der Waals surface area contributed by atoms with E-state index in [2.05, 4.69) is 6.07 Å². The summed E-state index contributed by atoms with van der Waals surface area (Å²) in [5, 5.41) is 0. The van der Waals surface area contributed by atoms with Crippen LogP contribution in [0.1, 0.15) is 36.8 Å². The SMILES string of the molecule is ClC(Cl)(Cl)CCCc1c[c]ccc1CCCC(Cl)(Cl)Cl. The van der Waals surface area contributed by atoms with Gasteiger partial charge in [-0.05, 0) is 55.7 Å². The first-order valence-corrected chi connectivity index (χ1v) is 8.55. The fourth-order valence-corrected chi connectivity index (χ4v) is 2.73. The molecule has 0 nitrogen and oxygen atoms in total. The van der Waals surface area contributed by atoms with Crippen molar-refractivity contribution in [2.45, 2.75) is 46.1 Å². The smallest absolute Gasteiger partial charge is 0.0837 e. The topological polar surface area (TPSA) is 0 Å². The lowest BCUT2D eigenvalue weighted by atomic mass is 9.98. The molecule has 1 rings (SSSR count). The van der Waals surface area contributed by atoms with Gasteiger partial charge in [0.05, 0.1) is 0 Å². The second-order valence-corrected chi connectivity index (χ2v) is 9.66. The molecule has 20 heavy (non-hydrogen) atoms. The molecule has 0 bridgehead atoms. The highest BCUT2D eigenvalue weighted by Gasteiger charge is 2.20. The summed E-state index contributed by atoms with van der Waals surface area (Å²) in [6.07, 6.45) is 4.41. The number of rotatable bonds is 6. The van der Waals surface area contributed by atoms with Gasteiger partial charge in [0.2, 0.25) is 0 Å². The van der Waals surface area contributed by atoms with Gasteiger partial charge in [-0.25, -0.2) is 0 Å². The Morgan fingerprint density at radius 1 is 0.800 bits per heavy atom. The highest BCUT2D eigenvalue weighted by molar-refractivity contribution is 6.67. The fourth-order valence-electron chi connectivity index (χ4n) is 1.93. The van der Waals surface area contributed by atoms with Crippen molar-refractivity contribution in [2.75, 3.05) is 0 Å². The monoisotopic (exact) mass is 393 g/mol. The van der Waals surface area contributed by atoms with Crippen molar-refractivity contribution >= 4 is 69.6 Å². The Labute approximate surface area is 150 Å². The van der Waals surface area contributed by atoms with E-state index in [4.69, 9.17) is 69.6 Å². The molecule has 1 aromatic carbocycles. The van der Waals surface area contributed by atoms with E-state index in [-0.39, 0.29) is 0 Å². The van der Waals surface area contributed by atoms with Crippen LogP contribution in [0, 0.1) is 6.07 Å². The van der Waals surface area contributed by atoms with Crippen molar-refractivity contribution in [2.24, 2.45) is 0 Å². The highest BCUT2D eigenvalue weighted by Crippen LogP contribution is 2.33. The summed E-state index contributed by atoms with van der Waals surface area (Å²) in [6, 6.07) is 8.99. The number of aryl methyl sites for hydroxylation is 2. The molecule has 0 saturated carbocycles.